The van der Waals surface area contributed by atoms with Gasteiger partial charge in [-0.3, -0.25) is 4.79 Å². The van der Waals surface area contributed by atoms with Crippen molar-refractivity contribution in [3.63, 3.8) is 0 Å². The first kappa shape index (κ1) is 12.8. The van der Waals surface area contributed by atoms with Gasteiger partial charge in [0.2, 0.25) is 5.88 Å². The highest BCUT2D eigenvalue weighted by Gasteiger charge is 2.32. The van der Waals surface area contributed by atoms with Gasteiger partial charge in [0.15, 0.2) is 11.4 Å². The molecular weight excluding hydrogens is 289 g/mol. The zero-order valence-electron chi connectivity index (χ0n) is 11.5. The van der Waals surface area contributed by atoms with E-state index in [0.29, 0.717) is 22.5 Å². The second kappa shape index (κ2) is 4.55. The average Bonchev–Trinajstić information content (AvgIpc) is 3.06. The highest BCUT2D eigenvalue weighted by Crippen LogP contribution is 2.40. The minimum absolute atomic E-state index is 0.125. The first-order valence-corrected chi connectivity index (χ1v) is 6.72. The van der Waals surface area contributed by atoms with Crippen molar-refractivity contribution in [3.8, 4) is 11.6 Å². The van der Waals surface area contributed by atoms with Gasteiger partial charge in [-0.15, -0.1) is 14.8 Å². The third-order valence-corrected chi connectivity index (χ3v) is 3.68. The number of rotatable bonds is 2. The standard InChI is InChI=1S/C14H10FN5O2/c1-7-6-9(21)14-10(3-2-8(15)13(7)14)22-12-5-4-11-16-18-19-20(11)17-12/h2-5,7H,6H2,1H3. The Bertz CT molecular complexity index is 907. The molecule has 2 aromatic heterocycles. The van der Waals surface area contributed by atoms with Gasteiger partial charge in [-0.05, 0) is 34.5 Å². The molecule has 3 aromatic rings. The quantitative estimate of drug-likeness (QED) is 0.721. The Kier molecular flexibility index (Phi) is 2.65. The van der Waals surface area contributed by atoms with Crippen LogP contribution in [0.4, 0.5) is 4.39 Å². The summed E-state index contributed by atoms with van der Waals surface area (Å²) in [5, 5.41) is 15.0. The molecule has 0 bridgehead atoms. The van der Waals surface area contributed by atoms with E-state index in [2.05, 4.69) is 20.6 Å². The van der Waals surface area contributed by atoms with Gasteiger partial charge in [0.25, 0.3) is 0 Å². The fourth-order valence-corrected chi connectivity index (χ4v) is 2.71. The number of benzene rings is 1. The second-order valence-corrected chi connectivity index (χ2v) is 5.16. The Hall–Kier alpha value is -2.90. The summed E-state index contributed by atoms with van der Waals surface area (Å²) in [7, 11) is 0. The van der Waals surface area contributed by atoms with Crippen LogP contribution in [0.15, 0.2) is 24.3 Å². The van der Waals surface area contributed by atoms with E-state index < -0.39 is 0 Å². The third-order valence-electron chi connectivity index (χ3n) is 3.68. The number of nitrogens with zero attached hydrogens (tertiary/aromatic N) is 5. The largest absolute Gasteiger partial charge is 0.437 e. The number of hydrogen-bond donors (Lipinski definition) is 0. The number of tetrazole rings is 1. The van der Waals surface area contributed by atoms with Gasteiger partial charge in [0, 0.05) is 18.1 Å². The summed E-state index contributed by atoms with van der Waals surface area (Å²) in [5.74, 6) is -0.141. The van der Waals surface area contributed by atoms with Crippen molar-refractivity contribution < 1.29 is 13.9 Å². The van der Waals surface area contributed by atoms with Crippen molar-refractivity contribution in [2.24, 2.45) is 0 Å². The molecular formula is C14H10FN5O2. The highest BCUT2D eigenvalue weighted by molar-refractivity contribution is 6.03. The number of ether oxygens (including phenoxy) is 1. The molecule has 1 unspecified atom stereocenters. The lowest BCUT2D eigenvalue weighted by molar-refractivity contribution is 0.0988. The van der Waals surface area contributed by atoms with E-state index in [-0.39, 0.29) is 29.8 Å². The van der Waals surface area contributed by atoms with Gasteiger partial charge in [-0.1, -0.05) is 6.92 Å². The van der Waals surface area contributed by atoms with E-state index in [4.69, 9.17) is 4.74 Å². The van der Waals surface area contributed by atoms with Crippen molar-refractivity contribution in [3.05, 3.63) is 41.2 Å². The molecule has 22 heavy (non-hydrogen) atoms. The number of ketones is 1. The van der Waals surface area contributed by atoms with Gasteiger partial charge in [0.1, 0.15) is 11.6 Å². The van der Waals surface area contributed by atoms with Crippen LogP contribution in [-0.2, 0) is 0 Å². The number of carbonyl (C=O) groups excluding carboxylic acids is 1. The molecule has 0 radical (unpaired) electrons. The lowest BCUT2D eigenvalue weighted by Crippen LogP contribution is -2.01. The number of halogens is 1. The Morgan fingerprint density at radius 1 is 1.32 bits per heavy atom. The predicted molar refractivity (Wildman–Crippen MR) is 72.4 cm³/mol. The van der Waals surface area contributed by atoms with Crippen molar-refractivity contribution in [2.45, 2.75) is 19.3 Å². The van der Waals surface area contributed by atoms with E-state index >= 15 is 0 Å². The fraction of sp³-hybridized carbons (Fsp3) is 0.214. The van der Waals surface area contributed by atoms with Crippen molar-refractivity contribution in [1.82, 2.24) is 25.3 Å². The van der Waals surface area contributed by atoms with Crippen LogP contribution >= 0.6 is 0 Å². The van der Waals surface area contributed by atoms with E-state index in [9.17, 15) is 9.18 Å². The molecule has 0 fully saturated rings. The molecule has 2 heterocycles. The van der Waals surface area contributed by atoms with Crippen LogP contribution in [-0.4, -0.2) is 31.0 Å². The number of Topliss-reactive ketones (excluding diaryl/α,β-unsaturated/α-hetero) is 1. The summed E-state index contributed by atoms with van der Waals surface area (Å²) in [6, 6.07) is 5.97. The average molecular weight is 299 g/mol. The van der Waals surface area contributed by atoms with Crippen LogP contribution in [0.3, 0.4) is 0 Å². The molecule has 0 saturated carbocycles. The molecule has 110 valence electrons. The molecule has 1 aliphatic rings. The lowest BCUT2D eigenvalue weighted by atomic mass is 10.0. The van der Waals surface area contributed by atoms with E-state index in [1.165, 1.54) is 16.8 Å². The second-order valence-electron chi connectivity index (χ2n) is 5.16. The van der Waals surface area contributed by atoms with Gasteiger partial charge in [-0.2, -0.15) is 0 Å². The Balaban J connectivity index is 1.79. The minimum Gasteiger partial charge on any atom is -0.437 e. The van der Waals surface area contributed by atoms with Crippen molar-refractivity contribution in [1.29, 1.82) is 0 Å². The van der Waals surface area contributed by atoms with Crippen LogP contribution < -0.4 is 4.74 Å². The van der Waals surface area contributed by atoms with Gasteiger partial charge in [-0.25, -0.2) is 4.39 Å². The third kappa shape index (κ3) is 1.84. The molecule has 7 nitrogen and oxygen atoms in total. The first-order chi connectivity index (χ1) is 10.6. The molecule has 0 N–H and O–H groups in total. The number of aromatic nitrogens is 5. The predicted octanol–water partition coefficient (Wildman–Crippen LogP) is 2.14. The maximum atomic E-state index is 13.9. The zero-order chi connectivity index (χ0) is 15.3. The number of carbonyl (C=O) groups is 1. The zero-order valence-corrected chi connectivity index (χ0v) is 11.5. The summed E-state index contributed by atoms with van der Waals surface area (Å²) in [6.45, 7) is 1.82. The Labute approximate surface area is 123 Å². The molecule has 0 saturated heterocycles. The normalized spacial score (nSPS) is 17.0. The van der Waals surface area contributed by atoms with Crippen LogP contribution in [0.25, 0.3) is 5.65 Å². The molecule has 1 aromatic carbocycles. The maximum Gasteiger partial charge on any atom is 0.239 e. The van der Waals surface area contributed by atoms with Crippen molar-refractivity contribution in [2.75, 3.05) is 0 Å². The lowest BCUT2D eigenvalue weighted by Gasteiger charge is -2.10. The number of fused-ring (bicyclic) bond motifs is 2. The highest BCUT2D eigenvalue weighted by atomic mass is 19.1. The summed E-state index contributed by atoms with van der Waals surface area (Å²) >= 11 is 0. The maximum absolute atomic E-state index is 13.9. The molecule has 4 rings (SSSR count). The van der Waals surface area contributed by atoms with Crippen LogP contribution in [0, 0.1) is 5.82 Å². The Morgan fingerprint density at radius 2 is 2.18 bits per heavy atom. The molecule has 1 aliphatic carbocycles. The van der Waals surface area contributed by atoms with Gasteiger partial charge >= 0.3 is 0 Å². The van der Waals surface area contributed by atoms with E-state index in [1.807, 2.05) is 6.92 Å². The summed E-state index contributed by atoms with van der Waals surface area (Å²) in [4.78, 5) is 12.1. The van der Waals surface area contributed by atoms with Gasteiger partial charge < -0.3 is 4.74 Å². The molecule has 1 atom stereocenters. The number of hydrogen-bond acceptors (Lipinski definition) is 6. The smallest absolute Gasteiger partial charge is 0.239 e. The van der Waals surface area contributed by atoms with Crippen LogP contribution in [0.5, 0.6) is 11.6 Å². The molecule has 0 amide bonds. The summed E-state index contributed by atoms with van der Waals surface area (Å²) < 4.78 is 20.8. The summed E-state index contributed by atoms with van der Waals surface area (Å²) in [6.07, 6.45) is 0.284. The van der Waals surface area contributed by atoms with Crippen LogP contribution in [0.1, 0.15) is 35.2 Å². The molecule has 8 heteroatoms. The van der Waals surface area contributed by atoms with E-state index in [0.717, 1.165) is 0 Å². The van der Waals surface area contributed by atoms with Crippen LogP contribution in [0.2, 0.25) is 0 Å². The summed E-state index contributed by atoms with van der Waals surface area (Å²) in [5.41, 5.74) is 1.18. The van der Waals surface area contributed by atoms with Crippen molar-refractivity contribution >= 4 is 11.4 Å². The minimum atomic E-state index is -0.385. The van der Waals surface area contributed by atoms with E-state index in [1.54, 1.807) is 12.1 Å². The topological polar surface area (TPSA) is 82.3 Å². The SMILES string of the molecule is CC1CC(=O)c2c(Oc3ccc4nnnn4n3)ccc(F)c21. The fourth-order valence-electron chi connectivity index (χ4n) is 2.71. The van der Waals surface area contributed by atoms with Gasteiger partial charge in [0.05, 0.1) is 5.56 Å². The molecule has 0 spiro atoms. The Morgan fingerprint density at radius 3 is 3.05 bits per heavy atom. The molecule has 0 aliphatic heterocycles. The first-order valence-electron chi connectivity index (χ1n) is 6.72. The monoisotopic (exact) mass is 299 g/mol.